The number of rotatable bonds is 6. The number of benzene rings is 2. The number of nitro groups is 1. The first-order valence-electron chi connectivity index (χ1n) is 8.54. The molecule has 1 fully saturated rings. The van der Waals surface area contributed by atoms with Crippen LogP contribution in [0.15, 0.2) is 40.9 Å². The number of hydrogen-bond donors (Lipinski definition) is 1. The number of carbonyl (C=O) groups excluding carboxylic acids is 1. The summed E-state index contributed by atoms with van der Waals surface area (Å²) in [5.41, 5.74) is 1.13. The molecule has 0 aliphatic carbocycles. The summed E-state index contributed by atoms with van der Waals surface area (Å²) in [5, 5.41) is 13.8. The Morgan fingerprint density at radius 1 is 1.37 bits per heavy atom. The van der Waals surface area contributed by atoms with Crippen molar-refractivity contribution in [2.75, 3.05) is 18.5 Å². The minimum atomic E-state index is -0.513. The highest BCUT2D eigenvalue weighted by Crippen LogP contribution is 2.29. The summed E-state index contributed by atoms with van der Waals surface area (Å²) in [5.74, 6) is 0.177. The van der Waals surface area contributed by atoms with Crippen LogP contribution in [0.25, 0.3) is 0 Å². The minimum Gasteiger partial charge on any atom is -0.490 e. The van der Waals surface area contributed by atoms with Gasteiger partial charge in [-0.15, -0.1) is 0 Å². The summed E-state index contributed by atoms with van der Waals surface area (Å²) in [6.45, 7) is 2.98. The molecule has 1 aliphatic heterocycles. The molecule has 0 spiro atoms. The number of hydrogen-bond acceptors (Lipinski definition) is 5. The Balaban J connectivity index is 1.70. The van der Waals surface area contributed by atoms with E-state index in [9.17, 15) is 14.9 Å². The molecule has 1 unspecified atom stereocenters. The lowest BCUT2D eigenvalue weighted by Gasteiger charge is -2.13. The zero-order valence-electron chi connectivity index (χ0n) is 14.7. The predicted molar refractivity (Wildman–Crippen MR) is 104 cm³/mol. The minimum absolute atomic E-state index is 0.0990. The molecule has 142 valence electrons. The van der Waals surface area contributed by atoms with Gasteiger partial charge in [-0.25, -0.2) is 0 Å². The molecule has 1 saturated heterocycles. The molecule has 1 heterocycles. The fraction of sp³-hybridized carbons (Fsp3) is 0.316. The fourth-order valence-corrected chi connectivity index (χ4v) is 3.30. The van der Waals surface area contributed by atoms with Crippen LogP contribution in [0.2, 0.25) is 0 Å². The van der Waals surface area contributed by atoms with Crippen LogP contribution in [0.3, 0.4) is 0 Å². The van der Waals surface area contributed by atoms with Gasteiger partial charge in [0.2, 0.25) is 0 Å². The smallest absolute Gasteiger partial charge is 0.293 e. The summed E-state index contributed by atoms with van der Waals surface area (Å²) in [6, 6.07) is 9.59. The second kappa shape index (κ2) is 8.49. The van der Waals surface area contributed by atoms with E-state index < -0.39 is 10.8 Å². The molecule has 8 heteroatoms. The van der Waals surface area contributed by atoms with Crippen LogP contribution in [0, 0.1) is 17.0 Å². The van der Waals surface area contributed by atoms with E-state index in [2.05, 4.69) is 21.2 Å². The highest BCUT2D eigenvalue weighted by molar-refractivity contribution is 9.10. The zero-order chi connectivity index (χ0) is 19.4. The van der Waals surface area contributed by atoms with Crippen molar-refractivity contribution in [3.05, 3.63) is 62.1 Å². The number of aryl methyl sites for hydroxylation is 1. The molecule has 1 atom stereocenters. The van der Waals surface area contributed by atoms with Crippen LogP contribution in [-0.2, 0) is 4.74 Å². The monoisotopic (exact) mass is 434 g/mol. The second-order valence-electron chi connectivity index (χ2n) is 6.32. The van der Waals surface area contributed by atoms with Gasteiger partial charge >= 0.3 is 0 Å². The van der Waals surface area contributed by atoms with Gasteiger partial charge in [0.05, 0.1) is 15.5 Å². The van der Waals surface area contributed by atoms with Gasteiger partial charge in [-0.2, -0.15) is 0 Å². The van der Waals surface area contributed by atoms with Crippen molar-refractivity contribution in [1.29, 1.82) is 0 Å². The van der Waals surface area contributed by atoms with Gasteiger partial charge in [-0.05, 0) is 65.5 Å². The van der Waals surface area contributed by atoms with E-state index in [1.807, 2.05) is 0 Å². The fourth-order valence-electron chi connectivity index (χ4n) is 2.81. The van der Waals surface area contributed by atoms with Crippen LogP contribution < -0.4 is 10.1 Å². The lowest BCUT2D eigenvalue weighted by Crippen LogP contribution is -2.17. The Morgan fingerprint density at radius 3 is 2.85 bits per heavy atom. The number of ether oxygens (including phenoxy) is 2. The SMILES string of the molecule is Cc1ccc(NC(=O)c2ccc(OCC3CCCO3)c(Br)c2)c([N+](=O)[O-])c1. The maximum atomic E-state index is 12.5. The van der Waals surface area contributed by atoms with Crippen molar-refractivity contribution in [3.8, 4) is 5.75 Å². The first-order valence-corrected chi connectivity index (χ1v) is 9.33. The summed E-state index contributed by atoms with van der Waals surface area (Å²) < 4.78 is 11.9. The Labute approximate surface area is 164 Å². The second-order valence-corrected chi connectivity index (χ2v) is 7.18. The Kier molecular flexibility index (Phi) is 6.08. The van der Waals surface area contributed by atoms with Gasteiger partial charge < -0.3 is 14.8 Å². The van der Waals surface area contributed by atoms with Crippen molar-refractivity contribution >= 4 is 33.2 Å². The molecule has 0 radical (unpaired) electrons. The van der Waals surface area contributed by atoms with E-state index in [4.69, 9.17) is 9.47 Å². The molecule has 1 aliphatic rings. The molecule has 27 heavy (non-hydrogen) atoms. The number of nitrogens with zero attached hydrogens (tertiary/aromatic N) is 1. The molecule has 0 saturated carbocycles. The van der Waals surface area contributed by atoms with Gasteiger partial charge in [0.1, 0.15) is 18.0 Å². The Hall–Kier alpha value is -2.45. The largest absolute Gasteiger partial charge is 0.490 e. The molecular weight excluding hydrogens is 416 g/mol. The van der Waals surface area contributed by atoms with E-state index in [1.165, 1.54) is 12.1 Å². The van der Waals surface area contributed by atoms with Gasteiger partial charge in [0.25, 0.3) is 11.6 Å². The quantitative estimate of drug-likeness (QED) is 0.534. The molecule has 0 bridgehead atoms. The number of anilines is 1. The number of carbonyl (C=O) groups is 1. The molecule has 1 N–H and O–H groups in total. The summed E-state index contributed by atoms with van der Waals surface area (Å²) >= 11 is 3.40. The van der Waals surface area contributed by atoms with E-state index in [0.29, 0.717) is 22.4 Å². The number of halogens is 1. The van der Waals surface area contributed by atoms with E-state index in [0.717, 1.165) is 25.0 Å². The van der Waals surface area contributed by atoms with Gasteiger partial charge in [0, 0.05) is 18.2 Å². The van der Waals surface area contributed by atoms with Gasteiger partial charge in [-0.1, -0.05) is 6.07 Å². The summed E-state index contributed by atoms with van der Waals surface area (Å²) in [7, 11) is 0. The third-order valence-corrected chi connectivity index (χ3v) is 4.86. The molecule has 3 rings (SSSR count). The first kappa shape index (κ1) is 19.3. The summed E-state index contributed by atoms with van der Waals surface area (Å²) in [6.07, 6.45) is 2.12. The lowest BCUT2D eigenvalue weighted by molar-refractivity contribution is -0.384. The third-order valence-electron chi connectivity index (χ3n) is 4.24. The van der Waals surface area contributed by atoms with Crippen LogP contribution in [0.5, 0.6) is 5.75 Å². The van der Waals surface area contributed by atoms with Crippen LogP contribution >= 0.6 is 15.9 Å². The highest BCUT2D eigenvalue weighted by Gasteiger charge is 2.19. The molecule has 7 nitrogen and oxygen atoms in total. The van der Waals surface area contributed by atoms with Gasteiger partial charge in [-0.3, -0.25) is 14.9 Å². The standard InChI is InChI=1S/C19H19BrN2O5/c1-12-4-6-16(17(9-12)22(24)25)21-19(23)13-5-7-18(15(20)10-13)27-11-14-3-2-8-26-14/h4-7,9-10,14H,2-3,8,11H2,1H3,(H,21,23). The van der Waals surface area contributed by atoms with Crippen LogP contribution in [0.1, 0.15) is 28.8 Å². The number of amides is 1. The molecule has 2 aromatic rings. The van der Waals surface area contributed by atoms with E-state index in [-0.39, 0.29) is 17.5 Å². The number of nitrogens with one attached hydrogen (secondary N) is 1. The lowest BCUT2D eigenvalue weighted by atomic mass is 10.1. The van der Waals surface area contributed by atoms with Crippen molar-refractivity contribution in [1.82, 2.24) is 0 Å². The topological polar surface area (TPSA) is 90.7 Å². The van der Waals surface area contributed by atoms with Crippen molar-refractivity contribution in [2.45, 2.75) is 25.9 Å². The average molecular weight is 435 g/mol. The summed E-state index contributed by atoms with van der Waals surface area (Å²) in [4.78, 5) is 23.2. The van der Waals surface area contributed by atoms with Crippen molar-refractivity contribution in [3.63, 3.8) is 0 Å². The number of nitro benzene ring substituents is 1. The average Bonchev–Trinajstić information content (AvgIpc) is 3.15. The van der Waals surface area contributed by atoms with Gasteiger partial charge in [0.15, 0.2) is 0 Å². The van der Waals surface area contributed by atoms with Crippen molar-refractivity contribution < 1.29 is 19.2 Å². The predicted octanol–water partition coefficient (Wildman–Crippen LogP) is 4.48. The van der Waals surface area contributed by atoms with Crippen LogP contribution in [0.4, 0.5) is 11.4 Å². The Morgan fingerprint density at radius 2 is 2.19 bits per heavy atom. The normalized spacial score (nSPS) is 16.1. The first-order chi connectivity index (χ1) is 12.9. The molecule has 2 aromatic carbocycles. The van der Waals surface area contributed by atoms with E-state index >= 15 is 0 Å². The Bertz CT molecular complexity index is 865. The van der Waals surface area contributed by atoms with E-state index in [1.54, 1.807) is 31.2 Å². The maximum Gasteiger partial charge on any atom is 0.293 e. The molecule has 1 amide bonds. The molecular formula is C19H19BrN2O5. The highest BCUT2D eigenvalue weighted by atomic mass is 79.9. The zero-order valence-corrected chi connectivity index (χ0v) is 16.3. The molecule has 0 aromatic heterocycles. The third kappa shape index (κ3) is 4.84. The maximum absolute atomic E-state index is 12.5. The van der Waals surface area contributed by atoms with Crippen LogP contribution in [-0.4, -0.2) is 30.1 Å². The van der Waals surface area contributed by atoms with Crippen molar-refractivity contribution in [2.24, 2.45) is 0 Å².